The molecule has 0 aliphatic carbocycles. The largest absolute Gasteiger partial charge is 0.370 e. The molecule has 16 nitrogen and oxygen atoms in total. The molecule has 0 radical (unpaired) electrons. The number of guanidine groups is 2. The predicted molar refractivity (Wildman–Crippen MR) is 169 cm³/mol. The van der Waals surface area contributed by atoms with Crippen LogP contribution in [0.3, 0.4) is 0 Å². The van der Waals surface area contributed by atoms with Crippen LogP contribution in [-0.4, -0.2) is 57.8 Å². The van der Waals surface area contributed by atoms with Gasteiger partial charge in [0.25, 0.3) is 11.8 Å². The summed E-state index contributed by atoms with van der Waals surface area (Å²) in [6.07, 6.45) is 3.18. The van der Waals surface area contributed by atoms with E-state index in [2.05, 4.69) is 31.3 Å². The third kappa shape index (κ3) is 7.90. The van der Waals surface area contributed by atoms with Gasteiger partial charge in [-0.15, -0.1) is 0 Å². The summed E-state index contributed by atoms with van der Waals surface area (Å²) < 4.78 is 3.15. The Bertz CT molecular complexity index is 1680. The molecule has 0 saturated heterocycles. The van der Waals surface area contributed by atoms with Crippen molar-refractivity contribution < 1.29 is 19.2 Å². The van der Waals surface area contributed by atoms with E-state index in [1.165, 1.54) is 12.1 Å². The zero-order valence-corrected chi connectivity index (χ0v) is 23.9. The van der Waals surface area contributed by atoms with Gasteiger partial charge in [0.05, 0.1) is 11.4 Å². The first-order valence-electron chi connectivity index (χ1n) is 13.1. The van der Waals surface area contributed by atoms with Crippen molar-refractivity contribution in [1.82, 2.24) is 9.13 Å². The van der Waals surface area contributed by atoms with Crippen LogP contribution in [0.15, 0.2) is 70.9 Å². The molecular formula is C28H32N12O4. The second kappa shape index (κ2) is 13.1. The molecule has 4 amide bonds. The van der Waals surface area contributed by atoms with Crippen LogP contribution >= 0.6 is 0 Å². The first-order valence-corrected chi connectivity index (χ1v) is 13.1. The lowest BCUT2D eigenvalue weighted by Gasteiger charge is -2.10. The number of fused-ring (bicyclic) bond motifs is 1. The van der Waals surface area contributed by atoms with E-state index >= 15 is 0 Å². The smallest absolute Gasteiger partial charge is 0.272 e. The van der Waals surface area contributed by atoms with E-state index < -0.39 is 23.6 Å². The van der Waals surface area contributed by atoms with E-state index in [1.54, 1.807) is 59.9 Å². The van der Waals surface area contributed by atoms with Gasteiger partial charge in [0.1, 0.15) is 24.5 Å². The lowest BCUT2D eigenvalue weighted by Crippen LogP contribution is -2.25. The van der Waals surface area contributed by atoms with Crippen LogP contribution in [0.4, 0.5) is 22.7 Å². The van der Waals surface area contributed by atoms with E-state index in [9.17, 15) is 19.2 Å². The number of carbonyl (C=O) groups excluding carboxylic acids is 4. The summed E-state index contributed by atoms with van der Waals surface area (Å²) in [5, 5.41) is 12.6. The molecule has 0 bridgehead atoms. The number of rotatable bonds is 10. The number of nitrogens with one attached hydrogen (secondary N) is 4. The van der Waals surface area contributed by atoms with Gasteiger partial charge < -0.3 is 53.3 Å². The summed E-state index contributed by atoms with van der Waals surface area (Å²) in [5.41, 5.74) is 23.5. The van der Waals surface area contributed by atoms with E-state index in [0.29, 0.717) is 34.1 Å². The number of aromatic nitrogens is 2. The molecular weight excluding hydrogens is 568 g/mol. The van der Waals surface area contributed by atoms with Crippen molar-refractivity contribution >= 4 is 69.1 Å². The SMILES string of the molecule is Cn1cc(NC(=O)CN=C(N)N)cc1C(=O)Nc1ccc2ccc(NC(=O)c3cc(NC(=O)CN=C(N)N)cn3C)cc2c1. The second-order valence-corrected chi connectivity index (χ2v) is 9.71. The maximum atomic E-state index is 13.0. The summed E-state index contributed by atoms with van der Waals surface area (Å²) in [6, 6.07) is 13.8. The molecule has 0 saturated carbocycles. The van der Waals surface area contributed by atoms with Crippen LogP contribution in [0.1, 0.15) is 21.0 Å². The van der Waals surface area contributed by atoms with Crippen LogP contribution in [0.5, 0.6) is 0 Å². The molecule has 0 aliphatic heterocycles. The molecule has 0 fully saturated rings. The Kier molecular flexibility index (Phi) is 9.13. The molecule has 12 N–H and O–H groups in total. The average molecular weight is 601 g/mol. The highest BCUT2D eigenvalue weighted by Gasteiger charge is 2.16. The zero-order valence-electron chi connectivity index (χ0n) is 23.9. The Morgan fingerprint density at radius 2 is 1.00 bits per heavy atom. The number of amides is 4. The third-order valence-corrected chi connectivity index (χ3v) is 6.21. The minimum atomic E-state index is -0.438. The number of benzene rings is 2. The normalized spacial score (nSPS) is 10.5. The minimum absolute atomic E-state index is 0.201. The first-order chi connectivity index (χ1) is 20.9. The Balaban J connectivity index is 1.43. The quantitative estimate of drug-likeness (QED) is 0.0934. The molecule has 0 unspecified atom stereocenters. The highest BCUT2D eigenvalue weighted by molar-refractivity contribution is 6.07. The number of nitrogens with zero attached hydrogens (tertiary/aromatic N) is 4. The number of hydrogen-bond acceptors (Lipinski definition) is 6. The number of aryl methyl sites for hydroxylation is 2. The molecule has 4 rings (SSSR count). The number of anilines is 4. The fraction of sp³-hybridized carbons (Fsp3) is 0.143. The number of carbonyl (C=O) groups is 4. The lowest BCUT2D eigenvalue weighted by molar-refractivity contribution is -0.115. The second-order valence-electron chi connectivity index (χ2n) is 9.71. The molecule has 2 aromatic carbocycles. The van der Waals surface area contributed by atoms with Crippen molar-refractivity contribution in [3.8, 4) is 0 Å². The highest BCUT2D eigenvalue weighted by atomic mass is 16.2. The van der Waals surface area contributed by atoms with Crippen molar-refractivity contribution in [2.24, 2.45) is 47.0 Å². The first kappa shape index (κ1) is 30.6. The Hall–Kier alpha value is -6.32. The van der Waals surface area contributed by atoms with E-state index in [4.69, 9.17) is 22.9 Å². The standard InChI is InChI=1S/C28H32N12O4/c1-39-13-19(35-23(41)11-33-27(29)30)9-21(39)25(43)37-17-5-3-15-4-6-18(8-16(15)7-17)38-26(44)22-10-20(14-40(22)2)36-24(42)12-34-28(31)32/h3-10,13-14H,11-12H2,1-2H3,(H,35,41)(H,36,42)(H,37,43)(H,38,44)(H4,29,30,33)(H4,31,32,34). The maximum absolute atomic E-state index is 13.0. The van der Waals surface area contributed by atoms with Gasteiger partial charge in [0, 0.05) is 37.9 Å². The Morgan fingerprint density at radius 3 is 1.39 bits per heavy atom. The third-order valence-electron chi connectivity index (χ3n) is 6.21. The molecule has 2 heterocycles. The van der Waals surface area contributed by atoms with Gasteiger partial charge in [-0.3, -0.25) is 19.2 Å². The summed E-state index contributed by atoms with van der Waals surface area (Å²) in [4.78, 5) is 57.3. The van der Waals surface area contributed by atoms with Crippen LogP contribution in [0, 0.1) is 0 Å². The van der Waals surface area contributed by atoms with Crippen LogP contribution in [0.2, 0.25) is 0 Å². The Labute approximate surface area is 251 Å². The predicted octanol–water partition coefficient (Wildman–Crippen LogP) is 0.445. The number of hydrogen-bond donors (Lipinski definition) is 8. The van der Waals surface area contributed by atoms with E-state index in [-0.39, 0.29) is 25.0 Å². The molecule has 0 atom stereocenters. The van der Waals surface area contributed by atoms with Gasteiger partial charge in [-0.1, -0.05) is 12.1 Å². The van der Waals surface area contributed by atoms with Gasteiger partial charge in [-0.2, -0.15) is 0 Å². The van der Waals surface area contributed by atoms with Crippen molar-refractivity contribution in [3.05, 3.63) is 72.3 Å². The van der Waals surface area contributed by atoms with Crippen LogP contribution in [0.25, 0.3) is 10.8 Å². The molecule has 0 spiro atoms. The monoisotopic (exact) mass is 600 g/mol. The zero-order chi connectivity index (χ0) is 32.0. The fourth-order valence-corrected chi connectivity index (χ4v) is 4.24. The van der Waals surface area contributed by atoms with E-state index in [1.807, 2.05) is 12.1 Å². The van der Waals surface area contributed by atoms with Crippen molar-refractivity contribution in [1.29, 1.82) is 0 Å². The van der Waals surface area contributed by atoms with Gasteiger partial charge in [0.2, 0.25) is 11.8 Å². The van der Waals surface area contributed by atoms with Gasteiger partial charge in [-0.25, -0.2) is 9.98 Å². The molecule has 0 aliphatic rings. The van der Waals surface area contributed by atoms with Gasteiger partial charge in [0.15, 0.2) is 11.9 Å². The lowest BCUT2D eigenvalue weighted by atomic mass is 10.1. The minimum Gasteiger partial charge on any atom is -0.370 e. The molecule has 2 aromatic heterocycles. The van der Waals surface area contributed by atoms with Crippen molar-refractivity contribution in [2.45, 2.75) is 0 Å². The van der Waals surface area contributed by atoms with Crippen LogP contribution in [-0.2, 0) is 23.7 Å². The van der Waals surface area contributed by atoms with Gasteiger partial charge >= 0.3 is 0 Å². The Morgan fingerprint density at radius 1 is 0.591 bits per heavy atom. The van der Waals surface area contributed by atoms with Gasteiger partial charge in [-0.05, 0) is 47.2 Å². The molecule has 4 aromatic rings. The van der Waals surface area contributed by atoms with Crippen molar-refractivity contribution in [2.75, 3.05) is 34.4 Å². The highest BCUT2D eigenvalue weighted by Crippen LogP contribution is 2.25. The summed E-state index contributed by atoms with van der Waals surface area (Å²) in [6.45, 7) is -0.491. The summed E-state index contributed by atoms with van der Waals surface area (Å²) >= 11 is 0. The summed E-state index contributed by atoms with van der Waals surface area (Å²) in [7, 11) is 3.35. The molecule has 44 heavy (non-hydrogen) atoms. The van der Waals surface area contributed by atoms with Crippen molar-refractivity contribution in [3.63, 3.8) is 0 Å². The van der Waals surface area contributed by atoms with Crippen LogP contribution < -0.4 is 44.2 Å². The van der Waals surface area contributed by atoms with E-state index in [0.717, 1.165) is 10.8 Å². The number of nitrogens with two attached hydrogens (primary N) is 4. The maximum Gasteiger partial charge on any atom is 0.272 e. The topological polar surface area (TPSA) is 255 Å². The average Bonchev–Trinajstić information content (AvgIpc) is 3.51. The fourth-order valence-electron chi connectivity index (χ4n) is 4.24. The summed E-state index contributed by atoms with van der Waals surface area (Å²) in [5.74, 6) is -2.07. The molecule has 16 heteroatoms. The number of aliphatic imine (C=N–C) groups is 2. The molecule has 228 valence electrons.